The maximum atomic E-state index is 11.9. The molecule has 0 atom stereocenters. The largest absolute Gasteiger partial charge is 0.456 e. The quantitative estimate of drug-likeness (QED) is 0.617. The molecule has 0 bridgehead atoms. The number of carbonyl (C=O) groups excluding carboxylic acids is 1. The first-order chi connectivity index (χ1) is 7.33. The molecule has 0 aromatic heterocycles. The summed E-state index contributed by atoms with van der Waals surface area (Å²) in [5, 5.41) is 0. The molecule has 2 N–H and O–H groups in total. The van der Waals surface area contributed by atoms with Crippen LogP contribution in [0.2, 0.25) is 0 Å². The Morgan fingerprint density at radius 2 is 2.00 bits per heavy atom. The van der Waals surface area contributed by atoms with E-state index in [-0.39, 0.29) is 5.97 Å². The number of aryl methyl sites for hydroxylation is 1. The molecule has 0 saturated carbocycles. The van der Waals surface area contributed by atoms with Crippen LogP contribution in [0.25, 0.3) is 0 Å². The lowest BCUT2D eigenvalue weighted by molar-refractivity contribution is 0.00685. The lowest BCUT2D eigenvalue weighted by Gasteiger charge is -2.20. The zero-order chi connectivity index (χ0) is 12.3. The number of nitrogens with two attached hydrogens (primary N) is 1. The number of ether oxygens (including phenoxy) is 1. The van der Waals surface area contributed by atoms with Gasteiger partial charge in [-0.3, -0.25) is 0 Å². The maximum Gasteiger partial charge on any atom is 0.338 e. The average Bonchev–Trinajstić information content (AvgIpc) is 2.14. The highest BCUT2D eigenvalue weighted by Crippen LogP contribution is 2.18. The highest BCUT2D eigenvalue weighted by molar-refractivity contribution is 5.91. The summed E-state index contributed by atoms with van der Waals surface area (Å²) < 4.78 is 5.33. The third-order valence-corrected chi connectivity index (χ3v) is 2.13. The summed E-state index contributed by atoms with van der Waals surface area (Å²) in [6.07, 6.45) is 0.764. The summed E-state index contributed by atoms with van der Waals surface area (Å²) in [5.74, 6) is -0.288. The first-order valence-corrected chi connectivity index (χ1v) is 5.45. The van der Waals surface area contributed by atoms with Crippen LogP contribution in [-0.4, -0.2) is 11.6 Å². The molecule has 0 radical (unpaired) electrons. The predicted molar refractivity (Wildman–Crippen MR) is 65.4 cm³/mol. The van der Waals surface area contributed by atoms with Gasteiger partial charge in [0.2, 0.25) is 0 Å². The van der Waals surface area contributed by atoms with Crippen LogP contribution < -0.4 is 5.73 Å². The van der Waals surface area contributed by atoms with Gasteiger partial charge in [-0.15, -0.1) is 0 Å². The second kappa shape index (κ2) is 4.56. The van der Waals surface area contributed by atoms with Crippen molar-refractivity contribution in [3.8, 4) is 0 Å². The van der Waals surface area contributed by atoms with Crippen LogP contribution in [0.4, 0.5) is 5.69 Å². The fraction of sp³-hybridized carbons (Fsp3) is 0.462. The topological polar surface area (TPSA) is 52.3 Å². The van der Waals surface area contributed by atoms with Crippen LogP contribution in [0, 0.1) is 0 Å². The molecule has 1 aromatic carbocycles. The molecule has 0 fully saturated rings. The highest BCUT2D eigenvalue weighted by atomic mass is 16.6. The van der Waals surface area contributed by atoms with Gasteiger partial charge in [0.15, 0.2) is 0 Å². The van der Waals surface area contributed by atoms with E-state index in [1.807, 2.05) is 33.8 Å². The summed E-state index contributed by atoms with van der Waals surface area (Å²) in [5.41, 5.74) is 7.41. The lowest BCUT2D eigenvalue weighted by Crippen LogP contribution is -2.24. The fourth-order valence-corrected chi connectivity index (χ4v) is 1.44. The standard InChI is InChI=1S/C13H19NO2/c1-5-9-8-10(14)6-7-11(9)12(15)16-13(2,3)4/h6-8H,5,14H2,1-4H3. The van der Waals surface area contributed by atoms with E-state index in [2.05, 4.69) is 0 Å². The number of hydrogen-bond acceptors (Lipinski definition) is 3. The van der Waals surface area contributed by atoms with E-state index in [1.165, 1.54) is 0 Å². The molecular formula is C13H19NO2. The van der Waals surface area contributed by atoms with Crippen LogP contribution in [0.5, 0.6) is 0 Å². The third kappa shape index (κ3) is 3.26. The Labute approximate surface area is 96.6 Å². The van der Waals surface area contributed by atoms with Crippen molar-refractivity contribution >= 4 is 11.7 Å². The van der Waals surface area contributed by atoms with Crippen molar-refractivity contribution in [3.63, 3.8) is 0 Å². The average molecular weight is 221 g/mol. The molecule has 3 nitrogen and oxygen atoms in total. The predicted octanol–water partition coefficient (Wildman–Crippen LogP) is 2.79. The smallest absolute Gasteiger partial charge is 0.338 e. The normalized spacial score (nSPS) is 11.2. The maximum absolute atomic E-state index is 11.9. The van der Waals surface area contributed by atoms with E-state index in [9.17, 15) is 4.79 Å². The van der Waals surface area contributed by atoms with Gasteiger partial charge in [-0.2, -0.15) is 0 Å². The number of nitrogen functional groups attached to an aromatic ring is 1. The number of hydrogen-bond donors (Lipinski definition) is 1. The molecule has 0 unspecified atom stereocenters. The van der Waals surface area contributed by atoms with Crippen molar-refractivity contribution in [3.05, 3.63) is 29.3 Å². The molecule has 0 aliphatic carbocycles. The molecule has 1 aromatic rings. The second-order valence-corrected chi connectivity index (χ2v) is 4.77. The molecule has 88 valence electrons. The van der Waals surface area contributed by atoms with Gasteiger partial charge in [0.25, 0.3) is 0 Å². The Morgan fingerprint density at radius 3 is 2.50 bits per heavy atom. The Bertz CT molecular complexity index is 391. The third-order valence-electron chi connectivity index (χ3n) is 2.13. The minimum Gasteiger partial charge on any atom is -0.456 e. The number of anilines is 1. The summed E-state index contributed by atoms with van der Waals surface area (Å²) in [7, 11) is 0. The van der Waals surface area contributed by atoms with Gasteiger partial charge in [-0.1, -0.05) is 6.92 Å². The van der Waals surface area contributed by atoms with Crippen molar-refractivity contribution in [2.75, 3.05) is 5.73 Å². The van der Waals surface area contributed by atoms with Gasteiger partial charge in [-0.05, 0) is 51.0 Å². The molecule has 16 heavy (non-hydrogen) atoms. The van der Waals surface area contributed by atoms with Crippen molar-refractivity contribution < 1.29 is 9.53 Å². The van der Waals surface area contributed by atoms with Crippen molar-refractivity contribution in [1.82, 2.24) is 0 Å². The number of rotatable bonds is 2. The Morgan fingerprint density at radius 1 is 1.38 bits per heavy atom. The SMILES string of the molecule is CCc1cc(N)ccc1C(=O)OC(C)(C)C. The van der Waals surface area contributed by atoms with Gasteiger partial charge >= 0.3 is 5.97 Å². The number of carbonyl (C=O) groups is 1. The van der Waals surface area contributed by atoms with E-state index in [1.54, 1.807) is 12.1 Å². The first-order valence-electron chi connectivity index (χ1n) is 5.45. The molecule has 0 saturated heterocycles. The molecule has 0 amide bonds. The highest BCUT2D eigenvalue weighted by Gasteiger charge is 2.19. The Hall–Kier alpha value is -1.51. The zero-order valence-electron chi connectivity index (χ0n) is 10.3. The van der Waals surface area contributed by atoms with Gasteiger partial charge in [0, 0.05) is 5.69 Å². The van der Waals surface area contributed by atoms with Crippen molar-refractivity contribution in [2.45, 2.75) is 39.7 Å². The summed E-state index contributed by atoms with van der Waals surface area (Å²) in [6, 6.07) is 5.26. The summed E-state index contributed by atoms with van der Waals surface area (Å²) in [6.45, 7) is 7.55. The van der Waals surface area contributed by atoms with E-state index in [0.29, 0.717) is 11.3 Å². The van der Waals surface area contributed by atoms with Crippen LogP contribution in [-0.2, 0) is 11.2 Å². The van der Waals surface area contributed by atoms with E-state index in [0.717, 1.165) is 12.0 Å². The summed E-state index contributed by atoms with van der Waals surface area (Å²) in [4.78, 5) is 11.9. The van der Waals surface area contributed by atoms with Crippen molar-refractivity contribution in [1.29, 1.82) is 0 Å². The molecule has 0 heterocycles. The van der Waals surface area contributed by atoms with Gasteiger partial charge < -0.3 is 10.5 Å². The van der Waals surface area contributed by atoms with Gasteiger partial charge in [0.05, 0.1) is 5.56 Å². The fourth-order valence-electron chi connectivity index (χ4n) is 1.44. The minimum atomic E-state index is -0.469. The monoisotopic (exact) mass is 221 g/mol. The zero-order valence-corrected chi connectivity index (χ0v) is 10.3. The Kier molecular flexibility index (Phi) is 3.58. The van der Waals surface area contributed by atoms with Gasteiger partial charge in [-0.25, -0.2) is 4.79 Å². The number of benzene rings is 1. The molecule has 0 aliphatic rings. The minimum absolute atomic E-state index is 0.288. The van der Waals surface area contributed by atoms with E-state index < -0.39 is 5.60 Å². The molecule has 1 rings (SSSR count). The number of esters is 1. The molecule has 3 heteroatoms. The van der Waals surface area contributed by atoms with Crippen LogP contribution in [0.1, 0.15) is 43.6 Å². The molecule has 0 aliphatic heterocycles. The van der Waals surface area contributed by atoms with Crippen LogP contribution in [0.15, 0.2) is 18.2 Å². The molecular weight excluding hydrogens is 202 g/mol. The van der Waals surface area contributed by atoms with Crippen molar-refractivity contribution in [2.24, 2.45) is 0 Å². The second-order valence-electron chi connectivity index (χ2n) is 4.77. The lowest BCUT2D eigenvalue weighted by atomic mass is 10.0. The first kappa shape index (κ1) is 12.6. The summed E-state index contributed by atoms with van der Waals surface area (Å²) >= 11 is 0. The Balaban J connectivity index is 2.99. The van der Waals surface area contributed by atoms with Gasteiger partial charge in [0.1, 0.15) is 5.60 Å². The van der Waals surface area contributed by atoms with Crippen LogP contribution in [0.3, 0.4) is 0 Å². The van der Waals surface area contributed by atoms with Crippen LogP contribution >= 0.6 is 0 Å². The molecule has 0 spiro atoms. The van der Waals surface area contributed by atoms with E-state index >= 15 is 0 Å². The van der Waals surface area contributed by atoms with E-state index in [4.69, 9.17) is 10.5 Å².